The van der Waals surface area contributed by atoms with Crippen LogP contribution in [-0.2, 0) is 0 Å². The Morgan fingerprint density at radius 2 is 1.62 bits per heavy atom. The van der Waals surface area contributed by atoms with Crippen molar-refractivity contribution in [1.82, 2.24) is 0 Å². The first kappa shape index (κ1) is 16.2. The van der Waals surface area contributed by atoms with Crippen molar-refractivity contribution in [3.63, 3.8) is 0 Å². The highest BCUT2D eigenvalue weighted by Crippen LogP contribution is 2.30. The van der Waals surface area contributed by atoms with E-state index in [0.29, 0.717) is 23.3 Å². The smallest absolute Gasteiger partial charge is 0.344 e. The molecule has 0 saturated heterocycles. The highest BCUT2D eigenvalue weighted by molar-refractivity contribution is 6.05. The second-order valence-corrected chi connectivity index (χ2v) is 6.12. The molecule has 1 heterocycles. The Hall–Kier alpha value is -3.33. The fourth-order valence-corrected chi connectivity index (χ4v) is 3.10. The van der Waals surface area contributed by atoms with Gasteiger partial charge in [-0.1, -0.05) is 54.6 Å². The molecule has 4 aromatic rings. The maximum atomic E-state index is 12.3. The summed E-state index contributed by atoms with van der Waals surface area (Å²) < 4.78 is 11.4. The lowest BCUT2D eigenvalue weighted by molar-refractivity contribution is 0.360. The zero-order chi connectivity index (χ0) is 17.9. The van der Waals surface area contributed by atoms with Crippen molar-refractivity contribution in [2.24, 2.45) is 0 Å². The van der Waals surface area contributed by atoms with Gasteiger partial charge in [-0.05, 0) is 42.1 Å². The Kier molecular flexibility index (Phi) is 4.28. The Labute approximate surface area is 151 Å². The van der Waals surface area contributed by atoms with Crippen LogP contribution in [0, 0.1) is 6.92 Å². The van der Waals surface area contributed by atoms with Gasteiger partial charge in [-0.3, -0.25) is 0 Å². The molecule has 26 heavy (non-hydrogen) atoms. The number of rotatable bonds is 4. The fourth-order valence-electron chi connectivity index (χ4n) is 3.10. The lowest BCUT2D eigenvalue weighted by Gasteiger charge is -2.10. The molecule has 0 unspecified atom stereocenters. The molecule has 0 aliphatic rings. The molecule has 128 valence electrons. The number of fused-ring (bicyclic) bond motifs is 3. The lowest BCUT2D eigenvalue weighted by Crippen LogP contribution is -2.02. The summed E-state index contributed by atoms with van der Waals surface area (Å²) in [5, 5.41) is 2.42. The minimum absolute atomic E-state index is 0.322. The maximum absolute atomic E-state index is 12.3. The van der Waals surface area contributed by atoms with Crippen molar-refractivity contribution in [3.8, 4) is 5.75 Å². The van der Waals surface area contributed by atoms with Crippen LogP contribution in [-0.4, -0.2) is 6.61 Å². The Morgan fingerprint density at radius 3 is 2.42 bits per heavy atom. The van der Waals surface area contributed by atoms with Gasteiger partial charge in [0.1, 0.15) is 17.9 Å². The van der Waals surface area contributed by atoms with Crippen molar-refractivity contribution < 1.29 is 9.15 Å². The first-order valence-electron chi connectivity index (χ1n) is 8.53. The Balaban J connectivity index is 1.65. The largest absolute Gasteiger partial charge is 0.489 e. The third-order valence-corrected chi connectivity index (χ3v) is 4.43. The summed E-state index contributed by atoms with van der Waals surface area (Å²) in [7, 11) is 0. The van der Waals surface area contributed by atoms with Crippen molar-refractivity contribution >= 4 is 27.8 Å². The van der Waals surface area contributed by atoms with E-state index in [9.17, 15) is 4.79 Å². The van der Waals surface area contributed by atoms with Gasteiger partial charge in [0.2, 0.25) is 0 Å². The molecule has 0 amide bonds. The van der Waals surface area contributed by atoms with Crippen LogP contribution in [0.5, 0.6) is 5.75 Å². The average molecular weight is 342 g/mol. The number of aryl methyl sites for hydroxylation is 1. The minimum atomic E-state index is -0.322. The highest BCUT2D eigenvalue weighted by Gasteiger charge is 2.12. The summed E-state index contributed by atoms with van der Waals surface area (Å²) in [6.07, 6.45) is 3.99. The number of ether oxygens (including phenoxy) is 1. The number of hydrogen-bond acceptors (Lipinski definition) is 3. The molecular formula is C23H18O3. The zero-order valence-corrected chi connectivity index (χ0v) is 14.4. The molecule has 0 spiro atoms. The van der Waals surface area contributed by atoms with E-state index in [1.165, 1.54) is 0 Å². The Morgan fingerprint density at radius 1 is 0.885 bits per heavy atom. The van der Waals surface area contributed by atoms with E-state index in [2.05, 4.69) is 0 Å². The molecule has 0 atom stereocenters. The van der Waals surface area contributed by atoms with Gasteiger partial charge in [0, 0.05) is 10.9 Å². The van der Waals surface area contributed by atoms with Crippen LogP contribution in [0.4, 0.5) is 0 Å². The van der Waals surface area contributed by atoms with Crippen molar-refractivity contribution in [2.75, 3.05) is 6.61 Å². The molecule has 3 nitrogen and oxygen atoms in total. The van der Waals surface area contributed by atoms with Gasteiger partial charge in [-0.2, -0.15) is 0 Å². The van der Waals surface area contributed by atoms with Crippen LogP contribution in [0.3, 0.4) is 0 Å². The van der Waals surface area contributed by atoms with Crippen LogP contribution in [0.25, 0.3) is 27.8 Å². The summed E-state index contributed by atoms with van der Waals surface area (Å²) in [4.78, 5) is 12.3. The van der Waals surface area contributed by atoms with E-state index in [1.807, 2.05) is 79.7 Å². The van der Waals surface area contributed by atoms with E-state index in [-0.39, 0.29) is 5.63 Å². The van der Waals surface area contributed by atoms with Gasteiger partial charge in [0.25, 0.3) is 0 Å². The normalized spacial score (nSPS) is 11.4. The molecule has 0 aliphatic heterocycles. The van der Waals surface area contributed by atoms with Gasteiger partial charge in [-0.15, -0.1) is 0 Å². The maximum Gasteiger partial charge on any atom is 0.344 e. The monoisotopic (exact) mass is 342 g/mol. The van der Waals surface area contributed by atoms with E-state index in [1.54, 1.807) is 6.07 Å². The topological polar surface area (TPSA) is 39.4 Å². The summed E-state index contributed by atoms with van der Waals surface area (Å²) in [5.41, 5.74) is 2.22. The molecule has 0 aliphatic carbocycles. The van der Waals surface area contributed by atoms with Gasteiger partial charge in [-0.25, -0.2) is 4.79 Å². The molecule has 0 N–H and O–H groups in total. The molecule has 3 heteroatoms. The summed E-state index contributed by atoms with van der Waals surface area (Å²) >= 11 is 0. The highest BCUT2D eigenvalue weighted by atomic mass is 16.5. The molecule has 1 aromatic heterocycles. The third-order valence-electron chi connectivity index (χ3n) is 4.43. The molecule has 0 saturated carbocycles. The fraction of sp³-hybridized carbons (Fsp3) is 0.0870. The summed E-state index contributed by atoms with van der Waals surface area (Å²) in [6.45, 7) is 2.36. The third kappa shape index (κ3) is 3.00. The van der Waals surface area contributed by atoms with Gasteiger partial charge >= 0.3 is 5.63 Å². The molecular weight excluding hydrogens is 324 g/mol. The first-order valence-corrected chi connectivity index (χ1v) is 8.53. The van der Waals surface area contributed by atoms with Crippen LogP contribution in [0.2, 0.25) is 0 Å². The predicted molar refractivity (Wildman–Crippen MR) is 106 cm³/mol. The average Bonchev–Trinajstić information content (AvgIpc) is 2.68. The first-order chi connectivity index (χ1) is 12.7. The molecule has 0 bridgehead atoms. The summed E-state index contributed by atoms with van der Waals surface area (Å²) in [5.74, 6) is 0.716. The van der Waals surface area contributed by atoms with Crippen LogP contribution < -0.4 is 10.4 Å². The van der Waals surface area contributed by atoms with Gasteiger partial charge in [0.05, 0.1) is 5.39 Å². The van der Waals surface area contributed by atoms with Crippen LogP contribution in [0.1, 0.15) is 11.1 Å². The van der Waals surface area contributed by atoms with Crippen LogP contribution >= 0.6 is 0 Å². The number of benzene rings is 3. The SMILES string of the molecule is Cc1c(OC/C=C/c2ccccc2)ccc2c1oc(=O)c1ccccc12. The molecule has 0 fully saturated rings. The minimum Gasteiger partial charge on any atom is -0.489 e. The second-order valence-electron chi connectivity index (χ2n) is 6.12. The van der Waals surface area contributed by atoms with E-state index < -0.39 is 0 Å². The van der Waals surface area contributed by atoms with Gasteiger partial charge in [0.15, 0.2) is 0 Å². The van der Waals surface area contributed by atoms with Crippen LogP contribution in [0.15, 0.2) is 82.0 Å². The zero-order valence-electron chi connectivity index (χ0n) is 14.4. The van der Waals surface area contributed by atoms with Crippen molar-refractivity contribution in [2.45, 2.75) is 6.92 Å². The second kappa shape index (κ2) is 6.89. The predicted octanol–water partition coefficient (Wildman–Crippen LogP) is 5.35. The number of hydrogen-bond donors (Lipinski definition) is 0. The quantitative estimate of drug-likeness (QED) is 0.371. The summed E-state index contributed by atoms with van der Waals surface area (Å²) in [6, 6.07) is 21.4. The molecule has 3 aromatic carbocycles. The van der Waals surface area contributed by atoms with E-state index >= 15 is 0 Å². The molecule has 0 radical (unpaired) electrons. The Bertz CT molecular complexity index is 1150. The van der Waals surface area contributed by atoms with Crippen molar-refractivity contribution in [3.05, 3.63) is 94.4 Å². The lowest BCUT2D eigenvalue weighted by atomic mass is 10.0. The van der Waals surface area contributed by atoms with Gasteiger partial charge < -0.3 is 9.15 Å². The van der Waals surface area contributed by atoms with E-state index in [0.717, 1.165) is 21.9 Å². The van der Waals surface area contributed by atoms with E-state index in [4.69, 9.17) is 9.15 Å². The standard InChI is InChI=1S/C23H18O3/c1-16-21(25-15-7-10-17-8-3-2-4-9-17)14-13-19-18-11-5-6-12-20(18)23(24)26-22(16)19/h2-14H,15H2,1H3/b10-7+. The molecule has 4 rings (SSSR count). The van der Waals surface area contributed by atoms with Crippen molar-refractivity contribution in [1.29, 1.82) is 0 Å².